The van der Waals surface area contributed by atoms with Crippen LogP contribution in [0.15, 0.2) is 97.1 Å². The third-order valence-corrected chi connectivity index (χ3v) is 4.68. The molecule has 0 radical (unpaired) electrons. The first kappa shape index (κ1) is 14.7. The van der Waals surface area contributed by atoms with Crippen molar-refractivity contribution >= 4 is 10.8 Å². The number of hydrogen-bond acceptors (Lipinski definition) is 0. The number of hydrogen-bond donors (Lipinski definition) is 0. The van der Waals surface area contributed by atoms with Gasteiger partial charge >= 0.3 is 0 Å². The molecule has 0 aliphatic carbocycles. The summed E-state index contributed by atoms with van der Waals surface area (Å²) >= 11 is 0. The first-order chi connectivity index (χ1) is 11.8. The summed E-state index contributed by atoms with van der Waals surface area (Å²) in [6, 6.07) is 35.0. The van der Waals surface area contributed by atoms with Gasteiger partial charge in [0.05, 0.1) is 0 Å². The van der Waals surface area contributed by atoms with Crippen LogP contribution < -0.4 is 0 Å². The third kappa shape index (κ3) is 2.72. The van der Waals surface area contributed by atoms with Gasteiger partial charge in [-0.2, -0.15) is 0 Å². The minimum Gasteiger partial charge on any atom is -0.0622 e. The Morgan fingerprint density at radius 1 is 0.542 bits per heavy atom. The van der Waals surface area contributed by atoms with Crippen LogP contribution in [0.25, 0.3) is 10.8 Å². The van der Waals surface area contributed by atoms with Crippen LogP contribution in [0, 0.1) is 6.92 Å². The van der Waals surface area contributed by atoms with Gasteiger partial charge in [-0.15, -0.1) is 0 Å². The van der Waals surface area contributed by atoms with E-state index >= 15 is 0 Å². The highest BCUT2D eigenvalue weighted by molar-refractivity contribution is 5.87. The van der Waals surface area contributed by atoms with Crippen LogP contribution in [-0.4, -0.2) is 0 Å². The van der Waals surface area contributed by atoms with Crippen molar-refractivity contribution in [1.82, 2.24) is 0 Å². The summed E-state index contributed by atoms with van der Waals surface area (Å²) in [6.07, 6.45) is 0. The Balaban J connectivity index is 1.97. The van der Waals surface area contributed by atoms with E-state index in [4.69, 9.17) is 0 Å². The van der Waals surface area contributed by atoms with Gasteiger partial charge in [-0.1, -0.05) is 103 Å². The van der Waals surface area contributed by atoms with Gasteiger partial charge < -0.3 is 0 Å². The molecule has 0 nitrogen and oxygen atoms in total. The molecular weight excluding hydrogens is 288 g/mol. The fraction of sp³-hybridized carbons (Fsp3) is 0.0833. The minimum atomic E-state index is 0.248. The fourth-order valence-electron chi connectivity index (χ4n) is 3.46. The Kier molecular flexibility index (Phi) is 3.88. The Morgan fingerprint density at radius 3 is 1.96 bits per heavy atom. The minimum absolute atomic E-state index is 0.248. The van der Waals surface area contributed by atoms with E-state index in [2.05, 4.69) is 104 Å². The first-order valence-electron chi connectivity index (χ1n) is 8.42. The van der Waals surface area contributed by atoms with Crippen LogP contribution in [0.4, 0.5) is 0 Å². The maximum atomic E-state index is 2.26. The monoisotopic (exact) mass is 308 g/mol. The van der Waals surface area contributed by atoms with Crippen LogP contribution in [-0.2, 0) is 0 Å². The lowest BCUT2D eigenvalue weighted by molar-refractivity contribution is 0.987. The SMILES string of the molecule is Cc1ccc(C(c2ccccc2)c2cccc3ccccc23)cc1. The molecule has 0 amide bonds. The second-order valence-corrected chi connectivity index (χ2v) is 6.32. The summed E-state index contributed by atoms with van der Waals surface area (Å²) in [5, 5.41) is 2.62. The standard InChI is InChI=1S/C24H20/c1-18-14-16-21(17-15-18)24(20-9-3-2-4-10-20)23-13-7-11-19-8-5-6-12-22(19)23/h2-17,24H,1H3. The van der Waals surface area contributed by atoms with Gasteiger partial charge in [-0.25, -0.2) is 0 Å². The summed E-state index contributed by atoms with van der Waals surface area (Å²) in [5.41, 5.74) is 5.33. The van der Waals surface area contributed by atoms with E-state index in [1.54, 1.807) is 0 Å². The Hall–Kier alpha value is -2.86. The second kappa shape index (κ2) is 6.33. The lowest BCUT2D eigenvalue weighted by atomic mass is 9.82. The largest absolute Gasteiger partial charge is 0.0622 e. The van der Waals surface area contributed by atoms with Crippen LogP contribution in [0.5, 0.6) is 0 Å². The number of aryl methyl sites for hydroxylation is 1. The molecule has 0 saturated heterocycles. The van der Waals surface area contributed by atoms with Crippen LogP contribution >= 0.6 is 0 Å². The van der Waals surface area contributed by atoms with E-state index in [-0.39, 0.29) is 5.92 Å². The second-order valence-electron chi connectivity index (χ2n) is 6.32. The molecule has 4 aromatic rings. The predicted molar refractivity (Wildman–Crippen MR) is 103 cm³/mol. The lowest BCUT2D eigenvalue weighted by Gasteiger charge is -2.21. The Labute approximate surface area is 143 Å². The zero-order valence-electron chi connectivity index (χ0n) is 13.8. The molecule has 0 aliphatic heterocycles. The molecule has 24 heavy (non-hydrogen) atoms. The highest BCUT2D eigenvalue weighted by Crippen LogP contribution is 2.36. The smallest absolute Gasteiger partial charge is 0.0346 e. The van der Waals surface area contributed by atoms with Crippen LogP contribution in [0.3, 0.4) is 0 Å². The molecule has 0 aliphatic rings. The molecule has 1 unspecified atom stereocenters. The maximum Gasteiger partial charge on any atom is 0.0346 e. The van der Waals surface area contributed by atoms with Crippen molar-refractivity contribution in [3.8, 4) is 0 Å². The molecule has 4 aromatic carbocycles. The average Bonchev–Trinajstić information content (AvgIpc) is 2.65. The lowest BCUT2D eigenvalue weighted by Crippen LogP contribution is -2.04. The summed E-state index contributed by atoms with van der Waals surface area (Å²) in [5.74, 6) is 0.248. The summed E-state index contributed by atoms with van der Waals surface area (Å²) in [4.78, 5) is 0. The van der Waals surface area contributed by atoms with Gasteiger partial charge in [0.1, 0.15) is 0 Å². The molecular formula is C24H20. The van der Waals surface area contributed by atoms with Crippen molar-refractivity contribution in [2.45, 2.75) is 12.8 Å². The normalized spacial score (nSPS) is 12.2. The van der Waals surface area contributed by atoms with Gasteiger partial charge in [0.15, 0.2) is 0 Å². The zero-order chi connectivity index (χ0) is 16.4. The summed E-state index contributed by atoms with van der Waals surface area (Å²) in [7, 11) is 0. The topological polar surface area (TPSA) is 0 Å². The van der Waals surface area contributed by atoms with E-state index < -0.39 is 0 Å². The third-order valence-electron chi connectivity index (χ3n) is 4.68. The molecule has 1 atom stereocenters. The molecule has 116 valence electrons. The van der Waals surface area contributed by atoms with E-state index in [0.29, 0.717) is 0 Å². The van der Waals surface area contributed by atoms with Crippen molar-refractivity contribution in [2.75, 3.05) is 0 Å². The highest BCUT2D eigenvalue weighted by Gasteiger charge is 2.18. The number of fused-ring (bicyclic) bond motifs is 1. The van der Waals surface area contributed by atoms with Gasteiger partial charge in [-0.3, -0.25) is 0 Å². The van der Waals surface area contributed by atoms with Crippen molar-refractivity contribution in [1.29, 1.82) is 0 Å². The van der Waals surface area contributed by atoms with Gasteiger partial charge in [0, 0.05) is 5.92 Å². The highest BCUT2D eigenvalue weighted by atomic mass is 14.2. The molecule has 0 saturated carbocycles. The van der Waals surface area contributed by atoms with E-state index in [1.807, 2.05) is 0 Å². The molecule has 0 heterocycles. The Bertz CT molecular complexity index is 945. The fourth-order valence-corrected chi connectivity index (χ4v) is 3.46. The number of benzene rings is 4. The molecule has 0 spiro atoms. The molecule has 0 bridgehead atoms. The van der Waals surface area contributed by atoms with Gasteiger partial charge in [0.25, 0.3) is 0 Å². The Morgan fingerprint density at radius 2 is 1.17 bits per heavy atom. The van der Waals surface area contributed by atoms with Gasteiger partial charge in [-0.05, 0) is 34.4 Å². The molecule has 0 N–H and O–H groups in total. The van der Waals surface area contributed by atoms with Crippen LogP contribution in [0.1, 0.15) is 28.2 Å². The molecule has 4 rings (SSSR count). The molecule has 0 heteroatoms. The van der Waals surface area contributed by atoms with Gasteiger partial charge in [0.2, 0.25) is 0 Å². The molecule has 0 fully saturated rings. The van der Waals surface area contributed by atoms with Crippen molar-refractivity contribution in [2.24, 2.45) is 0 Å². The maximum absolute atomic E-state index is 2.26. The van der Waals surface area contributed by atoms with Crippen molar-refractivity contribution in [3.05, 3.63) is 119 Å². The number of rotatable bonds is 3. The first-order valence-corrected chi connectivity index (χ1v) is 8.42. The van der Waals surface area contributed by atoms with Crippen LogP contribution in [0.2, 0.25) is 0 Å². The van der Waals surface area contributed by atoms with Crippen molar-refractivity contribution in [3.63, 3.8) is 0 Å². The van der Waals surface area contributed by atoms with E-state index in [1.165, 1.54) is 33.0 Å². The predicted octanol–water partition coefficient (Wildman–Crippen LogP) is 6.33. The van der Waals surface area contributed by atoms with E-state index in [0.717, 1.165) is 0 Å². The summed E-state index contributed by atoms with van der Waals surface area (Å²) in [6.45, 7) is 2.14. The average molecular weight is 308 g/mol. The van der Waals surface area contributed by atoms with Crippen molar-refractivity contribution < 1.29 is 0 Å². The summed E-state index contributed by atoms with van der Waals surface area (Å²) < 4.78 is 0. The zero-order valence-corrected chi connectivity index (χ0v) is 13.8. The van der Waals surface area contributed by atoms with E-state index in [9.17, 15) is 0 Å². The quantitative estimate of drug-likeness (QED) is 0.388. The molecule has 0 aromatic heterocycles.